The number of alkyl halides is 3. The molecule has 3 aromatic heterocycles. The van der Waals surface area contributed by atoms with Gasteiger partial charge in [-0.2, -0.15) is 22.5 Å². The van der Waals surface area contributed by atoms with Gasteiger partial charge in [0.1, 0.15) is 11.4 Å². The van der Waals surface area contributed by atoms with Crippen LogP contribution in [-0.4, -0.2) is 89.0 Å². The smallest absolute Gasteiger partial charge is 0.410 e. The Labute approximate surface area is 250 Å². The fourth-order valence-electron chi connectivity index (χ4n) is 4.96. The van der Waals surface area contributed by atoms with E-state index in [0.717, 1.165) is 0 Å². The molecule has 0 spiro atoms. The lowest BCUT2D eigenvalue weighted by Crippen LogP contribution is -2.60. The zero-order chi connectivity index (χ0) is 32.0. The first kappa shape index (κ1) is 30.8. The molecule has 234 valence electrons. The Balaban J connectivity index is 1.45. The SMILES string of the molecule is CC(C)n1c(=O)c2cnc(Nc3ccc(N4CCN(C(=O)O)C(C(F)(F)F)C4)cc3)nc2n1-c1cccc(N=S(C)(C)=O)n1. The molecular formula is C27H30F3N9O4S. The maximum atomic E-state index is 13.6. The minimum Gasteiger partial charge on any atom is -0.465 e. The predicted octanol–water partition coefficient (Wildman–Crippen LogP) is 4.39. The Bertz CT molecular complexity index is 1890. The van der Waals surface area contributed by atoms with Crippen molar-refractivity contribution in [3.8, 4) is 5.82 Å². The summed E-state index contributed by atoms with van der Waals surface area (Å²) in [4.78, 5) is 39.9. The second-order valence-electron chi connectivity index (χ2n) is 10.8. The van der Waals surface area contributed by atoms with E-state index >= 15 is 0 Å². The van der Waals surface area contributed by atoms with Gasteiger partial charge in [-0.05, 0) is 50.2 Å². The second-order valence-corrected chi connectivity index (χ2v) is 13.3. The molecule has 1 aliphatic heterocycles. The van der Waals surface area contributed by atoms with Crippen LogP contribution < -0.4 is 15.8 Å². The van der Waals surface area contributed by atoms with Crippen LogP contribution in [0.5, 0.6) is 0 Å². The fourth-order valence-corrected chi connectivity index (χ4v) is 5.52. The van der Waals surface area contributed by atoms with E-state index in [9.17, 15) is 32.1 Å². The predicted molar refractivity (Wildman–Crippen MR) is 160 cm³/mol. The molecule has 17 heteroatoms. The summed E-state index contributed by atoms with van der Waals surface area (Å²) in [5.41, 5.74) is 0.964. The molecule has 1 fully saturated rings. The molecule has 13 nitrogen and oxygen atoms in total. The van der Waals surface area contributed by atoms with Crippen LogP contribution in [0.15, 0.2) is 57.8 Å². The Kier molecular flexibility index (Phi) is 8.00. The highest BCUT2D eigenvalue weighted by molar-refractivity contribution is 7.92. The highest BCUT2D eigenvalue weighted by Crippen LogP contribution is 2.31. The second kappa shape index (κ2) is 11.4. The third kappa shape index (κ3) is 6.31. The third-order valence-corrected chi connectivity index (χ3v) is 7.48. The monoisotopic (exact) mass is 633 g/mol. The van der Waals surface area contributed by atoms with Crippen molar-refractivity contribution in [2.75, 3.05) is 42.4 Å². The van der Waals surface area contributed by atoms with Gasteiger partial charge in [-0.15, -0.1) is 0 Å². The molecule has 0 saturated carbocycles. The van der Waals surface area contributed by atoms with Gasteiger partial charge in [0.25, 0.3) is 5.56 Å². The molecule has 0 radical (unpaired) electrons. The number of rotatable bonds is 6. The number of nitrogens with zero attached hydrogens (tertiary/aromatic N) is 8. The maximum absolute atomic E-state index is 13.6. The van der Waals surface area contributed by atoms with Crippen molar-refractivity contribution in [1.29, 1.82) is 0 Å². The standard InChI is InChI=1S/C27H30F3N9O4S/c1-16(2)38-24(40)19-14-31-25(34-23(19)39(38)22-7-5-6-21(33-22)35-44(3,4)43)32-17-8-10-18(11-9-17)36-12-13-37(26(41)42)20(15-36)27(28,29)30/h5-11,14,16,20H,12-13,15H2,1-4H3,(H,41,42)(H,31,32,34). The van der Waals surface area contributed by atoms with Gasteiger partial charge in [0.15, 0.2) is 17.3 Å². The topological polar surface area (TPSA) is 151 Å². The number of hydrogen-bond acceptors (Lipinski definition) is 9. The van der Waals surface area contributed by atoms with Crippen molar-refractivity contribution in [3.63, 3.8) is 0 Å². The molecule has 0 aliphatic carbocycles. The first-order chi connectivity index (χ1) is 20.6. The van der Waals surface area contributed by atoms with Crippen LogP contribution in [0.3, 0.4) is 0 Å². The third-order valence-electron chi connectivity index (χ3n) is 6.85. The molecular weight excluding hydrogens is 603 g/mol. The summed E-state index contributed by atoms with van der Waals surface area (Å²) in [6.45, 7) is 2.96. The van der Waals surface area contributed by atoms with E-state index in [1.54, 1.807) is 47.1 Å². The molecule has 5 rings (SSSR count). The van der Waals surface area contributed by atoms with Crippen molar-refractivity contribution < 1.29 is 27.3 Å². The van der Waals surface area contributed by atoms with Crippen LogP contribution >= 0.6 is 0 Å². The number of halogens is 3. The minimum absolute atomic E-state index is 0.103. The number of nitrogens with one attached hydrogen (secondary N) is 1. The van der Waals surface area contributed by atoms with Gasteiger partial charge in [-0.3, -0.25) is 9.69 Å². The number of benzene rings is 1. The lowest BCUT2D eigenvalue weighted by Gasteiger charge is -2.41. The number of carboxylic acid groups (broad SMARTS) is 1. The molecule has 44 heavy (non-hydrogen) atoms. The summed E-state index contributed by atoms with van der Waals surface area (Å²) in [5.74, 6) is 0.725. The van der Waals surface area contributed by atoms with Crippen molar-refractivity contribution in [1.82, 2.24) is 29.2 Å². The molecule has 1 aromatic carbocycles. The molecule has 0 bridgehead atoms. The van der Waals surface area contributed by atoms with Gasteiger partial charge in [0.05, 0.1) is 0 Å². The number of anilines is 3. The van der Waals surface area contributed by atoms with E-state index in [2.05, 4.69) is 24.6 Å². The first-order valence-electron chi connectivity index (χ1n) is 13.5. The van der Waals surface area contributed by atoms with E-state index in [0.29, 0.717) is 22.1 Å². The number of amides is 1. The molecule has 4 aromatic rings. The average molecular weight is 634 g/mol. The van der Waals surface area contributed by atoms with E-state index in [-0.39, 0.29) is 47.5 Å². The van der Waals surface area contributed by atoms with Gasteiger partial charge < -0.3 is 15.3 Å². The van der Waals surface area contributed by atoms with Gasteiger partial charge in [-0.25, -0.2) is 28.3 Å². The van der Waals surface area contributed by atoms with Crippen LogP contribution in [0.25, 0.3) is 16.9 Å². The summed E-state index contributed by atoms with van der Waals surface area (Å²) in [6, 6.07) is 9.08. The molecule has 1 atom stereocenters. The number of piperazine rings is 1. The van der Waals surface area contributed by atoms with Gasteiger partial charge in [0, 0.05) is 65.5 Å². The summed E-state index contributed by atoms with van der Waals surface area (Å²) >= 11 is 0. The zero-order valence-corrected chi connectivity index (χ0v) is 25.0. The largest absolute Gasteiger partial charge is 0.465 e. The van der Waals surface area contributed by atoms with Crippen molar-refractivity contribution >= 4 is 50.0 Å². The van der Waals surface area contributed by atoms with E-state index < -0.39 is 34.6 Å². The van der Waals surface area contributed by atoms with Gasteiger partial charge >= 0.3 is 12.3 Å². The molecule has 1 saturated heterocycles. The van der Waals surface area contributed by atoms with Crippen molar-refractivity contribution in [3.05, 3.63) is 59.0 Å². The normalized spacial score (nSPS) is 16.0. The number of hydrogen-bond donors (Lipinski definition) is 2. The lowest BCUT2D eigenvalue weighted by molar-refractivity contribution is -0.178. The van der Waals surface area contributed by atoms with Gasteiger partial charge in [0.2, 0.25) is 5.95 Å². The number of fused-ring (bicyclic) bond motifs is 1. The zero-order valence-electron chi connectivity index (χ0n) is 24.2. The first-order valence-corrected chi connectivity index (χ1v) is 15.8. The average Bonchev–Trinajstić information content (AvgIpc) is 3.23. The minimum atomic E-state index is -4.71. The highest BCUT2D eigenvalue weighted by atomic mass is 32.2. The van der Waals surface area contributed by atoms with Gasteiger partial charge in [-0.1, -0.05) is 6.07 Å². The van der Waals surface area contributed by atoms with Crippen molar-refractivity contribution in [2.45, 2.75) is 32.1 Å². The Hall–Kier alpha value is -4.67. The molecule has 4 heterocycles. The molecule has 1 aliphatic rings. The Morgan fingerprint density at radius 3 is 2.43 bits per heavy atom. The number of carbonyl (C=O) groups is 1. The van der Waals surface area contributed by atoms with Crippen LogP contribution in [0.1, 0.15) is 19.9 Å². The quantitative estimate of drug-likeness (QED) is 0.315. The molecule has 1 unspecified atom stereocenters. The summed E-state index contributed by atoms with van der Waals surface area (Å²) in [7, 11) is -2.49. The maximum Gasteiger partial charge on any atom is 0.410 e. The van der Waals surface area contributed by atoms with E-state index in [1.165, 1.54) is 28.3 Å². The number of aromatic nitrogens is 5. The van der Waals surface area contributed by atoms with Crippen LogP contribution in [0.4, 0.5) is 41.1 Å². The Morgan fingerprint density at radius 1 is 1.11 bits per heavy atom. The number of pyridine rings is 1. The van der Waals surface area contributed by atoms with Crippen LogP contribution in [0, 0.1) is 0 Å². The van der Waals surface area contributed by atoms with E-state index in [4.69, 9.17) is 0 Å². The van der Waals surface area contributed by atoms with E-state index in [1.807, 2.05) is 13.8 Å². The van der Waals surface area contributed by atoms with Crippen molar-refractivity contribution in [2.24, 2.45) is 4.36 Å². The Morgan fingerprint density at radius 2 is 1.82 bits per heavy atom. The molecule has 2 N–H and O–H groups in total. The van der Waals surface area contributed by atoms with Crippen LogP contribution in [-0.2, 0) is 9.73 Å². The van der Waals surface area contributed by atoms with Crippen LogP contribution in [0.2, 0.25) is 0 Å². The summed E-state index contributed by atoms with van der Waals surface area (Å²) < 4.78 is 60.1. The lowest BCUT2D eigenvalue weighted by atomic mass is 10.1. The molecule has 1 amide bonds. The fraction of sp³-hybridized carbons (Fsp3) is 0.370. The highest BCUT2D eigenvalue weighted by Gasteiger charge is 2.48. The summed E-state index contributed by atoms with van der Waals surface area (Å²) in [5, 5.41) is 12.5. The summed E-state index contributed by atoms with van der Waals surface area (Å²) in [6.07, 6.45) is -1.93.